The largest absolute Gasteiger partial charge is 0.434 e. The molecule has 18 heavy (non-hydrogen) atoms. The molecule has 0 aliphatic heterocycles. The van der Waals surface area contributed by atoms with Gasteiger partial charge in [0, 0.05) is 6.54 Å². The average molecular weight is 257 g/mol. The number of alkyl halides is 2. The maximum Gasteiger partial charge on any atom is 0.387 e. The van der Waals surface area contributed by atoms with Crippen LogP contribution in [0.1, 0.15) is 30.5 Å². The Kier molecular flexibility index (Phi) is 5.54. The van der Waals surface area contributed by atoms with Gasteiger partial charge in [0.2, 0.25) is 0 Å². The zero-order valence-electron chi connectivity index (χ0n) is 11.4. The van der Waals surface area contributed by atoms with Gasteiger partial charge in [0.05, 0.1) is 0 Å². The molecule has 1 N–H and O–H groups in total. The highest BCUT2D eigenvalue weighted by Gasteiger charge is 2.11. The molecule has 0 aromatic heterocycles. The number of ether oxygens (including phenoxy) is 1. The van der Waals surface area contributed by atoms with Crippen molar-refractivity contribution in [2.24, 2.45) is 5.92 Å². The predicted molar refractivity (Wildman–Crippen MR) is 69.1 cm³/mol. The van der Waals surface area contributed by atoms with Gasteiger partial charge in [0.25, 0.3) is 0 Å². The van der Waals surface area contributed by atoms with E-state index in [1.807, 2.05) is 12.1 Å². The number of nitrogens with one attached hydrogen (secondary N) is 1. The molecule has 2 nitrogen and oxygen atoms in total. The Morgan fingerprint density at radius 1 is 1.17 bits per heavy atom. The zero-order chi connectivity index (χ0) is 13.7. The van der Waals surface area contributed by atoms with E-state index < -0.39 is 6.61 Å². The molecule has 0 bridgehead atoms. The second kappa shape index (κ2) is 6.69. The lowest BCUT2D eigenvalue weighted by molar-refractivity contribution is -0.0507. The molecule has 0 atom stereocenters. The number of benzene rings is 1. The monoisotopic (exact) mass is 257 g/mol. The van der Waals surface area contributed by atoms with Crippen molar-refractivity contribution in [3.8, 4) is 5.75 Å². The number of aryl methyl sites for hydroxylation is 2. The van der Waals surface area contributed by atoms with Crippen LogP contribution in [-0.2, 0) is 6.54 Å². The van der Waals surface area contributed by atoms with Crippen molar-refractivity contribution in [2.75, 3.05) is 6.54 Å². The van der Waals surface area contributed by atoms with Crippen molar-refractivity contribution in [3.05, 3.63) is 28.8 Å². The topological polar surface area (TPSA) is 21.3 Å². The Bertz CT molecular complexity index is 368. The molecule has 0 saturated carbocycles. The number of rotatable bonds is 6. The lowest BCUT2D eigenvalue weighted by Gasteiger charge is -2.14. The summed E-state index contributed by atoms with van der Waals surface area (Å²) >= 11 is 0. The van der Waals surface area contributed by atoms with E-state index in [4.69, 9.17) is 0 Å². The molecule has 0 heterocycles. The molecule has 0 saturated heterocycles. The van der Waals surface area contributed by atoms with Crippen molar-refractivity contribution in [1.29, 1.82) is 0 Å². The molecule has 1 rings (SSSR count). The van der Waals surface area contributed by atoms with E-state index in [9.17, 15) is 8.78 Å². The summed E-state index contributed by atoms with van der Waals surface area (Å²) in [6, 6.07) is 3.77. The highest BCUT2D eigenvalue weighted by Crippen LogP contribution is 2.26. The second-order valence-electron chi connectivity index (χ2n) is 4.96. The lowest BCUT2D eigenvalue weighted by Crippen LogP contribution is -2.19. The van der Waals surface area contributed by atoms with Gasteiger partial charge in [0.15, 0.2) is 0 Å². The summed E-state index contributed by atoms with van der Waals surface area (Å²) < 4.78 is 29.0. The van der Waals surface area contributed by atoms with Gasteiger partial charge in [-0.1, -0.05) is 26.0 Å². The first-order valence-electron chi connectivity index (χ1n) is 6.15. The van der Waals surface area contributed by atoms with E-state index in [1.54, 1.807) is 13.8 Å². The Balaban J connectivity index is 2.73. The summed E-state index contributed by atoms with van der Waals surface area (Å²) in [6.07, 6.45) is 0. The van der Waals surface area contributed by atoms with E-state index in [1.165, 1.54) is 0 Å². The smallest absolute Gasteiger partial charge is 0.387 e. The van der Waals surface area contributed by atoms with Crippen molar-refractivity contribution in [1.82, 2.24) is 5.32 Å². The third-order valence-corrected chi connectivity index (χ3v) is 2.61. The average Bonchev–Trinajstić information content (AvgIpc) is 2.22. The zero-order valence-corrected chi connectivity index (χ0v) is 11.4. The molecule has 0 unspecified atom stereocenters. The fourth-order valence-corrected chi connectivity index (χ4v) is 1.92. The van der Waals surface area contributed by atoms with Crippen LogP contribution >= 0.6 is 0 Å². The molecule has 1 aromatic carbocycles. The van der Waals surface area contributed by atoms with E-state index in [0.717, 1.165) is 29.8 Å². The van der Waals surface area contributed by atoms with Gasteiger partial charge in [-0.2, -0.15) is 8.78 Å². The summed E-state index contributed by atoms with van der Waals surface area (Å²) in [7, 11) is 0. The van der Waals surface area contributed by atoms with Crippen LogP contribution in [0.25, 0.3) is 0 Å². The van der Waals surface area contributed by atoms with Gasteiger partial charge in [-0.25, -0.2) is 0 Å². The summed E-state index contributed by atoms with van der Waals surface area (Å²) in [5.41, 5.74) is 2.58. The molecule has 102 valence electrons. The van der Waals surface area contributed by atoms with Crippen LogP contribution in [0, 0.1) is 19.8 Å². The SMILES string of the molecule is Cc1cc(CNCC(C)C)cc(C)c1OC(F)F. The third kappa shape index (κ3) is 4.61. The van der Waals surface area contributed by atoms with Crippen LogP contribution in [0.4, 0.5) is 8.78 Å². The summed E-state index contributed by atoms with van der Waals surface area (Å²) in [5, 5.41) is 3.33. The molecular formula is C14H21F2NO. The molecule has 0 radical (unpaired) electrons. The molecule has 0 aliphatic carbocycles. The quantitative estimate of drug-likeness (QED) is 0.840. The van der Waals surface area contributed by atoms with Crippen LogP contribution in [0.5, 0.6) is 5.75 Å². The molecule has 4 heteroatoms. The van der Waals surface area contributed by atoms with Crippen LogP contribution in [-0.4, -0.2) is 13.2 Å². The minimum atomic E-state index is -2.77. The maximum atomic E-state index is 12.2. The Hall–Kier alpha value is -1.16. The first-order valence-corrected chi connectivity index (χ1v) is 6.15. The van der Waals surface area contributed by atoms with Crippen LogP contribution in [0.3, 0.4) is 0 Å². The van der Waals surface area contributed by atoms with Crippen LogP contribution < -0.4 is 10.1 Å². The summed E-state index contributed by atoms with van der Waals surface area (Å²) in [6.45, 7) is 6.77. The summed E-state index contributed by atoms with van der Waals surface area (Å²) in [4.78, 5) is 0. The maximum absolute atomic E-state index is 12.2. The molecular weight excluding hydrogens is 236 g/mol. The van der Waals surface area contributed by atoms with Crippen molar-refractivity contribution in [2.45, 2.75) is 40.9 Å². The van der Waals surface area contributed by atoms with E-state index in [-0.39, 0.29) is 5.75 Å². The highest BCUT2D eigenvalue weighted by atomic mass is 19.3. The van der Waals surface area contributed by atoms with Crippen molar-refractivity contribution >= 4 is 0 Å². The van der Waals surface area contributed by atoms with Gasteiger partial charge in [-0.15, -0.1) is 0 Å². The third-order valence-electron chi connectivity index (χ3n) is 2.61. The number of hydrogen-bond acceptors (Lipinski definition) is 2. The normalized spacial score (nSPS) is 11.3. The van der Waals surface area contributed by atoms with Crippen LogP contribution in [0.2, 0.25) is 0 Å². The minimum absolute atomic E-state index is 0.289. The molecule has 0 amide bonds. The second-order valence-corrected chi connectivity index (χ2v) is 4.96. The van der Waals surface area contributed by atoms with Gasteiger partial charge in [-0.05, 0) is 43.0 Å². The summed E-state index contributed by atoms with van der Waals surface area (Å²) in [5.74, 6) is 0.881. The van der Waals surface area contributed by atoms with E-state index in [2.05, 4.69) is 23.9 Å². The minimum Gasteiger partial charge on any atom is -0.434 e. The predicted octanol–water partition coefficient (Wildman–Crippen LogP) is 3.65. The van der Waals surface area contributed by atoms with E-state index >= 15 is 0 Å². The first kappa shape index (κ1) is 14.9. The molecule has 0 spiro atoms. The Morgan fingerprint density at radius 2 is 1.72 bits per heavy atom. The molecule has 0 fully saturated rings. The molecule has 1 aromatic rings. The van der Waals surface area contributed by atoms with Crippen molar-refractivity contribution < 1.29 is 13.5 Å². The van der Waals surface area contributed by atoms with Crippen LogP contribution in [0.15, 0.2) is 12.1 Å². The number of halogens is 2. The lowest BCUT2D eigenvalue weighted by atomic mass is 10.1. The van der Waals surface area contributed by atoms with Gasteiger partial charge in [-0.3, -0.25) is 0 Å². The Morgan fingerprint density at radius 3 is 2.17 bits per heavy atom. The van der Waals surface area contributed by atoms with Gasteiger partial charge < -0.3 is 10.1 Å². The van der Waals surface area contributed by atoms with Gasteiger partial charge >= 0.3 is 6.61 Å². The molecule has 0 aliphatic rings. The fourth-order valence-electron chi connectivity index (χ4n) is 1.92. The van der Waals surface area contributed by atoms with E-state index in [0.29, 0.717) is 5.92 Å². The first-order chi connectivity index (χ1) is 8.40. The van der Waals surface area contributed by atoms with Crippen molar-refractivity contribution in [3.63, 3.8) is 0 Å². The highest BCUT2D eigenvalue weighted by molar-refractivity contribution is 5.43. The Labute approximate surface area is 107 Å². The van der Waals surface area contributed by atoms with Gasteiger partial charge in [0.1, 0.15) is 5.75 Å². The fraction of sp³-hybridized carbons (Fsp3) is 0.571. The number of hydrogen-bond donors (Lipinski definition) is 1. The standard InChI is InChI=1S/C14H21F2NO/c1-9(2)7-17-8-12-5-10(3)13(11(4)6-12)18-14(15)16/h5-6,9,14,17H,7-8H2,1-4H3.